The van der Waals surface area contributed by atoms with E-state index in [9.17, 15) is 0 Å². The lowest BCUT2D eigenvalue weighted by atomic mass is 10.1. The third kappa shape index (κ3) is 2.55. The third-order valence-corrected chi connectivity index (χ3v) is 2.77. The van der Waals surface area contributed by atoms with Gasteiger partial charge in [0.2, 0.25) is 0 Å². The van der Waals surface area contributed by atoms with Gasteiger partial charge in [0.1, 0.15) is 0 Å². The van der Waals surface area contributed by atoms with Crippen LogP contribution >= 0.6 is 0 Å². The minimum atomic E-state index is 0.161. The Balaban J connectivity index is 2.06. The van der Waals surface area contributed by atoms with E-state index in [1.807, 2.05) is 19.2 Å². The highest BCUT2D eigenvalue weighted by molar-refractivity contribution is 5.16. The molecular weight excluding hydrogens is 188 g/mol. The van der Waals surface area contributed by atoms with E-state index in [1.54, 1.807) is 0 Å². The Bertz CT molecular complexity index is 310. The number of aryl methyl sites for hydroxylation is 1. The molecule has 0 aromatic carbocycles. The molecule has 1 aromatic rings. The van der Waals surface area contributed by atoms with Gasteiger partial charge in [-0.25, -0.2) is 0 Å². The third-order valence-electron chi connectivity index (χ3n) is 2.77. The maximum absolute atomic E-state index is 5.73. The summed E-state index contributed by atoms with van der Waals surface area (Å²) in [6, 6.07) is 4.13. The van der Waals surface area contributed by atoms with Crippen LogP contribution in [0.25, 0.3) is 0 Å². The first-order valence-electron chi connectivity index (χ1n) is 5.35. The molecule has 0 spiro atoms. The molecule has 1 saturated heterocycles. The van der Waals surface area contributed by atoms with Crippen LogP contribution in [-0.4, -0.2) is 36.1 Å². The molecule has 2 rings (SSSR count). The van der Waals surface area contributed by atoms with Gasteiger partial charge < -0.3 is 4.74 Å². The van der Waals surface area contributed by atoms with Crippen LogP contribution in [0.3, 0.4) is 0 Å². The Labute approximate surface area is 91.1 Å². The number of rotatable bonds is 2. The van der Waals surface area contributed by atoms with E-state index >= 15 is 0 Å². The first-order chi connectivity index (χ1) is 7.29. The molecule has 0 aliphatic carbocycles. The molecule has 1 aliphatic rings. The molecule has 0 amide bonds. The molecule has 0 saturated carbocycles. The predicted octanol–water partition coefficient (Wildman–Crippen LogP) is 1.60. The normalized spacial score (nSPS) is 22.9. The van der Waals surface area contributed by atoms with Crippen LogP contribution in [0.4, 0.5) is 0 Å². The van der Waals surface area contributed by atoms with E-state index in [4.69, 9.17) is 4.74 Å². The van der Waals surface area contributed by atoms with Crippen LogP contribution in [0.5, 0.6) is 0 Å². The highest BCUT2D eigenvalue weighted by Gasteiger charge is 2.20. The fraction of sp³-hybridized carbons (Fsp3) is 0.500. The van der Waals surface area contributed by atoms with Crippen LogP contribution in [0.2, 0.25) is 0 Å². The maximum Gasteiger partial charge on any atom is 0.0967 e. The lowest BCUT2D eigenvalue weighted by Crippen LogP contribution is -2.38. The largest absolute Gasteiger partial charge is 0.371 e. The number of morpholine rings is 1. The van der Waals surface area contributed by atoms with Gasteiger partial charge in [-0.3, -0.25) is 9.88 Å². The van der Waals surface area contributed by atoms with Gasteiger partial charge in [-0.2, -0.15) is 0 Å². The van der Waals surface area contributed by atoms with E-state index < -0.39 is 0 Å². The molecule has 3 heteroatoms. The van der Waals surface area contributed by atoms with Crippen molar-refractivity contribution in [3.8, 4) is 0 Å². The highest BCUT2D eigenvalue weighted by atomic mass is 16.5. The second-order valence-electron chi connectivity index (χ2n) is 3.89. The summed E-state index contributed by atoms with van der Waals surface area (Å²) in [5.74, 6) is 0. The average Bonchev–Trinajstić information content (AvgIpc) is 2.30. The lowest BCUT2D eigenvalue weighted by Gasteiger charge is -2.32. The van der Waals surface area contributed by atoms with Crippen LogP contribution in [0, 0.1) is 13.8 Å². The van der Waals surface area contributed by atoms with Crippen LogP contribution < -0.4 is 0 Å². The first kappa shape index (κ1) is 10.6. The summed E-state index contributed by atoms with van der Waals surface area (Å²) >= 11 is 0. The van der Waals surface area contributed by atoms with E-state index in [2.05, 4.69) is 22.9 Å². The number of nitrogens with zero attached hydrogens (tertiary/aromatic N) is 2. The number of hydrogen-bond acceptors (Lipinski definition) is 3. The number of aromatic nitrogens is 1. The van der Waals surface area contributed by atoms with Crippen molar-refractivity contribution in [2.75, 3.05) is 26.2 Å². The van der Waals surface area contributed by atoms with Gasteiger partial charge in [-0.15, -0.1) is 0 Å². The fourth-order valence-corrected chi connectivity index (χ4v) is 1.78. The molecule has 1 fully saturated rings. The SMILES string of the molecule is [CH2]CN1CCOC(c2ccc(C)nc2)C1. The Kier molecular flexibility index (Phi) is 3.34. The van der Waals surface area contributed by atoms with E-state index in [1.165, 1.54) is 5.56 Å². The molecule has 0 N–H and O–H groups in total. The minimum absolute atomic E-state index is 0.161. The Hall–Kier alpha value is -0.930. The molecule has 1 aliphatic heterocycles. The summed E-state index contributed by atoms with van der Waals surface area (Å²) in [4.78, 5) is 6.59. The molecule has 81 valence electrons. The highest BCUT2D eigenvalue weighted by Crippen LogP contribution is 2.21. The zero-order valence-corrected chi connectivity index (χ0v) is 9.15. The van der Waals surface area contributed by atoms with Crippen molar-refractivity contribution in [3.63, 3.8) is 0 Å². The number of hydrogen-bond donors (Lipinski definition) is 0. The van der Waals surface area contributed by atoms with E-state index in [-0.39, 0.29) is 6.10 Å². The van der Waals surface area contributed by atoms with Crippen LogP contribution in [0.1, 0.15) is 17.4 Å². The topological polar surface area (TPSA) is 25.4 Å². The molecule has 15 heavy (non-hydrogen) atoms. The first-order valence-corrected chi connectivity index (χ1v) is 5.35. The van der Waals surface area contributed by atoms with Crippen molar-refractivity contribution >= 4 is 0 Å². The molecule has 1 aromatic heterocycles. The van der Waals surface area contributed by atoms with Crippen LogP contribution in [-0.2, 0) is 4.74 Å². The standard InChI is InChI=1S/C12H17N2O/c1-3-14-6-7-15-12(9-14)11-5-4-10(2)13-8-11/h4-5,8,12H,1,3,6-7,9H2,2H3. The Morgan fingerprint density at radius 1 is 1.60 bits per heavy atom. The van der Waals surface area contributed by atoms with Crippen molar-refractivity contribution in [1.82, 2.24) is 9.88 Å². The molecule has 2 heterocycles. The molecule has 1 atom stereocenters. The van der Waals surface area contributed by atoms with Gasteiger partial charge in [0.05, 0.1) is 12.7 Å². The summed E-state index contributed by atoms with van der Waals surface area (Å²) in [7, 11) is 0. The molecule has 0 bridgehead atoms. The second kappa shape index (κ2) is 4.73. The predicted molar refractivity (Wildman–Crippen MR) is 59.5 cm³/mol. The summed E-state index contributed by atoms with van der Waals surface area (Å²) in [5.41, 5.74) is 2.21. The summed E-state index contributed by atoms with van der Waals surface area (Å²) in [6.45, 7) is 9.44. The Morgan fingerprint density at radius 3 is 3.13 bits per heavy atom. The zero-order valence-electron chi connectivity index (χ0n) is 9.15. The van der Waals surface area contributed by atoms with E-state index in [0.717, 1.165) is 31.9 Å². The van der Waals surface area contributed by atoms with Crippen molar-refractivity contribution in [3.05, 3.63) is 36.5 Å². The van der Waals surface area contributed by atoms with Crippen LogP contribution in [0.15, 0.2) is 18.3 Å². The van der Waals surface area contributed by atoms with Gasteiger partial charge in [0, 0.05) is 30.5 Å². The van der Waals surface area contributed by atoms with Gasteiger partial charge >= 0.3 is 0 Å². The Morgan fingerprint density at radius 2 is 2.47 bits per heavy atom. The molecule has 1 unspecified atom stereocenters. The fourth-order valence-electron chi connectivity index (χ4n) is 1.78. The molecule has 3 nitrogen and oxygen atoms in total. The minimum Gasteiger partial charge on any atom is -0.371 e. The zero-order chi connectivity index (χ0) is 10.7. The second-order valence-corrected chi connectivity index (χ2v) is 3.89. The van der Waals surface area contributed by atoms with Gasteiger partial charge in [0.25, 0.3) is 0 Å². The van der Waals surface area contributed by atoms with Gasteiger partial charge in [0.15, 0.2) is 0 Å². The lowest BCUT2D eigenvalue weighted by molar-refractivity contribution is -0.0264. The molecule has 1 radical (unpaired) electrons. The monoisotopic (exact) mass is 205 g/mol. The average molecular weight is 205 g/mol. The smallest absolute Gasteiger partial charge is 0.0967 e. The van der Waals surface area contributed by atoms with Crippen molar-refractivity contribution < 1.29 is 4.74 Å². The quantitative estimate of drug-likeness (QED) is 0.733. The number of ether oxygens (including phenoxy) is 1. The molecular formula is C12H17N2O. The summed E-state index contributed by atoms with van der Waals surface area (Å²) < 4.78 is 5.73. The van der Waals surface area contributed by atoms with Crippen molar-refractivity contribution in [2.45, 2.75) is 13.0 Å². The number of pyridine rings is 1. The van der Waals surface area contributed by atoms with E-state index in [0.29, 0.717) is 0 Å². The summed E-state index contributed by atoms with van der Waals surface area (Å²) in [5, 5.41) is 0. The summed E-state index contributed by atoms with van der Waals surface area (Å²) in [6.07, 6.45) is 2.07. The van der Waals surface area contributed by atoms with Gasteiger partial charge in [-0.05, 0) is 26.5 Å². The van der Waals surface area contributed by atoms with Crippen molar-refractivity contribution in [1.29, 1.82) is 0 Å². The van der Waals surface area contributed by atoms with Crippen molar-refractivity contribution in [2.24, 2.45) is 0 Å². The van der Waals surface area contributed by atoms with Gasteiger partial charge in [-0.1, -0.05) is 6.07 Å². The maximum atomic E-state index is 5.73.